The number of fused-ring (bicyclic) bond motifs is 1. The van der Waals surface area contributed by atoms with E-state index in [0.29, 0.717) is 18.4 Å². The molecule has 2 aromatic carbocycles. The summed E-state index contributed by atoms with van der Waals surface area (Å²) in [5.74, 6) is 7.74. The number of nitrogens with zero attached hydrogens (tertiary/aromatic N) is 5. The van der Waals surface area contributed by atoms with E-state index in [1.807, 2.05) is 12.4 Å². The Morgan fingerprint density at radius 3 is 2.37 bits per heavy atom. The van der Waals surface area contributed by atoms with Gasteiger partial charge < -0.3 is 25.4 Å². The Hall–Kier alpha value is -5.03. The predicted molar refractivity (Wildman–Crippen MR) is 295 cm³/mol. The fraction of sp³-hybridized carbons (Fsp3) is 0.525. The molecule has 368 valence electrons. The van der Waals surface area contributed by atoms with E-state index < -0.39 is 0 Å². The van der Waals surface area contributed by atoms with Gasteiger partial charge in [0, 0.05) is 66.8 Å². The molecular weight excluding hydrogens is 831 g/mol. The van der Waals surface area contributed by atoms with E-state index in [-0.39, 0.29) is 17.5 Å². The number of aryl methyl sites for hydroxylation is 2. The van der Waals surface area contributed by atoms with Crippen LogP contribution in [0.25, 0.3) is 33.3 Å². The quantitative estimate of drug-likeness (QED) is 0.0392. The van der Waals surface area contributed by atoms with Gasteiger partial charge in [0.25, 0.3) is 0 Å². The molecule has 7 nitrogen and oxygen atoms in total. The number of benzene rings is 2. The Labute approximate surface area is 414 Å². The van der Waals surface area contributed by atoms with Crippen LogP contribution in [0.2, 0.25) is 0 Å². The lowest BCUT2D eigenvalue weighted by Gasteiger charge is -2.36. The van der Waals surface area contributed by atoms with Crippen LogP contribution in [0.15, 0.2) is 98.1 Å². The first-order valence-electron chi connectivity index (χ1n) is 25.9. The number of rotatable bonds is 25. The maximum atomic E-state index is 5.90. The molecule has 0 bridgehead atoms. The van der Waals surface area contributed by atoms with Crippen molar-refractivity contribution >= 4 is 10.9 Å². The molecule has 0 spiro atoms. The van der Waals surface area contributed by atoms with Crippen LogP contribution in [0.3, 0.4) is 0 Å². The highest BCUT2D eigenvalue weighted by molar-refractivity contribution is 5.95. The number of nitrogens with one attached hydrogen (secondary N) is 1. The van der Waals surface area contributed by atoms with Crippen LogP contribution in [-0.2, 0) is 19.4 Å². The van der Waals surface area contributed by atoms with Gasteiger partial charge in [0.05, 0.1) is 30.0 Å². The van der Waals surface area contributed by atoms with Gasteiger partial charge in [-0.3, -0.25) is 9.88 Å². The van der Waals surface area contributed by atoms with Gasteiger partial charge in [-0.2, -0.15) is 0 Å². The summed E-state index contributed by atoms with van der Waals surface area (Å²) in [4.78, 5) is 12.2. The lowest BCUT2D eigenvalue weighted by atomic mass is 9.79. The number of piperidine rings is 1. The van der Waals surface area contributed by atoms with Crippen molar-refractivity contribution in [2.75, 3.05) is 46.8 Å². The van der Waals surface area contributed by atoms with Gasteiger partial charge in [-0.25, -0.2) is 0 Å². The first-order chi connectivity index (χ1) is 32.4. The molecule has 3 unspecified atom stereocenters. The van der Waals surface area contributed by atoms with Gasteiger partial charge in [-0.15, -0.1) is 6.58 Å². The molecule has 1 aliphatic heterocycles. The van der Waals surface area contributed by atoms with Crippen LogP contribution in [-0.4, -0.2) is 83.2 Å². The fourth-order valence-corrected chi connectivity index (χ4v) is 10.3. The zero-order chi connectivity index (χ0) is 49.7. The summed E-state index contributed by atoms with van der Waals surface area (Å²) in [6.07, 6.45) is 14.6. The highest BCUT2D eigenvalue weighted by atomic mass is 15.2. The van der Waals surface area contributed by atoms with Crippen LogP contribution in [0.5, 0.6) is 0 Å². The minimum atomic E-state index is -0.0605. The predicted octanol–water partition coefficient (Wildman–Crippen LogP) is 13.3. The Morgan fingerprint density at radius 2 is 1.72 bits per heavy atom. The second-order valence-electron chi connectivity index (χ2n) is 21.3. The maximum Gasteiger partial charge on any atom is 0.0696 e. The van der Waals surface area contributed by atoms with Crippen LogP contribution in [0, 0.1) is 30.1 Å². The average molecular weight is 920 g/mol. The Kier molecular flexibility index (Phi) is 19.8. The smallest absolute Gasteiger partial charge is 0.0696 e. The molecule has 3 atom stereocenters. The maximum absolute atomic E-state index is 5.90. The zero-order valence-electron chi connectivity index (χ0n) is 44.5. The molecule has 68 heavy (non-hydrogen) atoms. The van der Waals surface area contributed by atoms with Crippen molar-refractivity contribution in [3.05, 3.63) is 126 Å². The van der Waals surface area contributed by atoms with E-state index in [1.165, 1.54) is 74.8 Å². The van der Waals surface area contributed by atoms with Crippen molar-refractivity contribution in [1.82, 2.24) is 29.6 Å². The first kappa shape index (κ1) is 53.9. The van der Waals surface area contributed by atoms with E-state index in [9.17, 15) is 0 Å². The molecule has 0 saturated carbocycles. The van der Waals surface area contributed by atoms with E-state index in [1.54, 1.807) is 0 Å². The van der Waals surface area contributed by atoms with E-state index >= 15 is 0 Å². The molecule has 3 heterocycles. The minimum absolute atomic E-state index is 0.0316. The van der Waals surface area contributed by atoms with E-state index in [4.69, 9.17) is 17.3 Å². The number of pyridine rings is 1. The summed E-state index contributed by atoms with van der Waals surface area (Å²) in [6, 6.07) is 16.7. The minimum Gasteiger partial charge on any atom is -0.379 e. The number of likely N-dealkylation sites (N-methyl/N-ethyl adjacent to an activating group) is 2. The average Bonchev–Trinajstić information content (AvgIpc) is 3.61. The lowest BCUT2D eigenvalue weighted by Crippen LogP contribution is -2.45. The third-order valence-electron chi connectivity index (χ3n) is 14.4. The number of hydrogen-bond donors (Lipinski definition) is 2. The fourth-order valence-electron chi connectivity index (χ4n) is 10.3. The third-order valence-corrected chi connectivity index (χ3v) is 14.4. The standard InChI is InChI=1S/C61H89N7/c1-16-46(9)58-54(38-49(42-63-58)25-24-34-67-32-21-19-22-33-67)60-55(41-61(12,13)29-28-43(4)5)53-40-51(26-27-57(53)68(60)18-3)52-36-45(8)35-50(37-52)39-56(48(11)66(15)31-23-20-30-62)64-47(10)59(44(6)7)65(14)17-2/h17,26-27,35-38,40,42,44,46,56,59,64H,2,4,10-11,16,18-23,28-34,39,41,62H2,1,3,5-9,12-15H3. The highest BCUT2D eigenvalue weighted by Crippen LogP contribution is 2.43. The van der Waals surface area contributed by atoms with Crippen LogP contribution in [0.4, 0.5) is 0 Å². The molecule has 3 N–H and O–H groups in total. The molecule has 0 aliphatic carbocycles. The van der Waals surface area contributed by atoms with Crippen molar-refractivity contribution in [1.29, 1.82) is 0 Å². The summed E-state index contributed by atoms with van der Waals surface area (Å²) in [5.41, 5.74) is 21.4. The first-order valence-corrected chi connectivity index (χ1v) is 25.9. The van der Waals surface area contributed by atoms with Crippen LogP contribution in [0.1, 0.15) is 141 Å². The van der Waals surface area contributed by atoms with Crippen LogP contribution >= 0.6 is 0 Å². The van der Waals surface area contributed by atoms with Crippen molar-refractivity contribution < 1.29 is 0 Å². The zero-order valence-corrected chi connectivity index (χ0v) is 44.5. The normalized spacial score (nSPS) is 14.5. The van der Waals surface area contributed by atoms with E-state index in [2.05, 4.69) is 175 Å². The highest BCUT2D eigenvalue weighted by Gasteiger charge is 2.29. The molecule has 1 fully saturated rings. The molecule has 0 amide bonds. The molecule has 1 aliphatic rings. The summed E-state index contributed by atoms with van der Waals surface area (Å²) in [5, 5.41) is 5.20. The van der Waals surface area contributed by atoms with Gasteiger partial charge in [0.15, 0.2) is 0 Å². The Balaban J connectivity index is 1.66. The SMILES string of the molecule is C=CN(C)C(C(=C)NC(Cc1cc(C)cc(-c2ccc3c(c2)c(CC(C)(C)CCC(=C)C)c(-c2cc(C#CCN4CCCCC4)cnc2C(C)CC)n3CC)c1)C(=C)N(C)CCCCN)C(C)C. The molecule has 1 saturated heterocycles. The molecule has 0 radical (unpaired) electrons. The van der Waals surface area contributed by atoms with E-state index in [0.717, 1.165) is 100 Å². The molecule has 7 heteroatoms. The number of aromatic nitrogens is 2. The Bertz CT molecular complexity index is 2410. The second-order valence-corrected chi connectivity index (χ2v) is 21.3. The number of likely N-dealkylation sites (tertiary alicyclic amines) is 1. The summed E-state index contributed by atoms with van der Waals surface area (Å²) >= 11 is 0. The van der Waals surface area contributed by atoms with Gasteiger partial charge in [0.2, 0.25) is 0 Å². The largest absolute Gasteiger partial charge is 0.379 e. The number of allylic oxidation sites excluding steroid dienone is 1. The van der Waals surface area contributed by atoms with Crippen molar-refractivity contribution in [2.24, 2.45) is 17.1 Å². The van der Waals surface area contributed by atoms with Crippen molar-refractivity contribution in [3.63, 3.8) is 0 Å². The van der Waals surface area contributed by atoms with Crippen molar-refractivity contribution in [3.8, 4) is 34.2 Å². The third kappa shape index (κ3) is 14.0. The molecular formula is C61H89N7. The monoisotopic (exact) mass is 920 g/mol. The number of hydrogen-bond acceptors (Lipinski definition) is 6. The summed E-state index contributed by atoms with van der Waals surface area (Å²) < 4.78 is 2.56. The summed E-state index contributed by atoms with van der Waals surface area (Å²) in [7, 11) is 4.23. The number of nitrogens with two attached hydrogens (primary N) is 1. The van der Waals surface area contributed by atoms with Gasteiger partial charge >= 0.3 is 0 Å². The topological polar surface area (TPSA) is 65.6 Å². The van der Waals surface area contributed by atoms with Gasteiger partial charge in [-0.05, 0) is 162 Å². The molecule has 2 aromatic heterocycles. The van der Waals surface area contributed by atoms with Gasteiger partial charge in [-0.1, -0.05) is 115 Å². The summed E-state index contributed by atoms with van der Waals surface area (Å²) in [6.45, 7) is 43.8. The van der Waals surface area contributed by atoms with Gasteiger partial charge in [0.1, 0.15) is 0 Å². The second kappa shape index (κ2) is 25.0. The lowest BCUT2D eigenvalue weighted by molar-refractivity contribution is 0.255. The molecule has 5 rings (SSSR count). The number of unbranched alkanes of at least 4 members (excludes halogenated alkanes) is 1. The van der Waals surface area contributed by atoms with Crippen molar-refractivity contribution in [2.45, 2.75) is 151 Å². The molecule has 4 aromatic rings. The van der Waals surface area contributed by atoms with Crippen LogP contribution < -0.4 is 11.1 Å². The Morgan fingerprint density at radius 1 is 0.985 bits per heavy atom.